The molecule has 1 heterocycles. The molecule has 7 heteroatoms. The average molecular weight is 344 g/mol. The number of amides is 3. The van der Waals surface area contributed by atoms with Crippen LogP contribution in [0.2, 0.25) is 5.02 Å². The van der Waals surface area contributed by atoms with Crippen molar-refractivity contribution in [2.24, 2.45) is 0 Å². The van der Waals surface area contributed by atoms with E-state index in [-0.39, 0.29) is 11.5 Å². The largest absolute Gasteiger partial charge is 0.326 e. The number of aryl methyl sites for hydroxylation is 1. The van der Waals surface area contributed by atoms with Crippen molar-refractivity contribution in [2.75, 3.05) is 5.32 Å². The Hall–Kier alpha value is -2.86. The first-order chi connectivity index (χ1) is 11.5. The monoisotopic (exact) mass is 343 g/mol. The van der Waals surface area contributed by atoms with Gasteiger partial charge in [-0.25, -0.2) is 0 Å². The van der Waals surface area contributed by atoms with Gasteiger partial charge in [0.2, 0.25) is 5.91 Å². The molecule has 0 atom stereocenters. The summed E-state index contributed by atoms with van der Waals surface area (Å²) in [5, 5.41) is 3.05. The molecule has 0 fully saturated rings. The molecule has 3 amide bonds. The summed E-state index contributed by atoms with van der Waals surface area (Å²) in [6.07, 6.45) is 0.968. The second-order valence-electron chi connectivity index (χ2n) is 5.31. The Morgan fingerprint density at radius 2 is 1.75 bits per heavy atom. The lowest BCUT2D eigenvalue weighted by Gasteiger charge is -2.17. The minimum atomic E-state index is -0.501. The summed E-state index contributed by atoms with van der Waals surface area (Å²) in [6, 6.07) is 11.5. The number of hydrogen-bond donors (Lipinski definition) is 3. The first-order valence-corrected chi connectivity index (χ1v) is 7.70. The van der Waals surface area contributed by atoms with Crippen molar-refractivity contribution in [3.63, 3.8) is 0 Å². The van der Waals surface area contributed by atoms with Gasteiger partial charge in [0.15, 0.2) is 0 Å². The first-order valence-electron chi connectivity index (χ1n) is 7.32. The predicted octanol–water partition coefficient (Wildman–Crippen LogP) is 2.30. The Kier molecular flexibility index (Phi) is 4.48. The van der Waals surface area contributed by atoms with E-state index in [1.54, 1.807) is 42.5 Å². The van der Waals surface area contributed by atoms with E-state index >= 15 is 0 Å². The summed E-state index contributed by atoms with van der Waals surface area (Å²) in [4.78, 5) is 35.5. The number of carbonyl (C=O) groups excluding carboxylic acids is 3. The van der Waals surface area contributed by atoms with Crippen LogP contribution in [0.15, 0.2) is 42.5 Å². The van der Waals surface area contributed by atoms with E-state index in [9.17, 15) is 14.4 Å². The van der Waals surface area contributed by atoms with E-state index in [2.05, 4.69) is 16.2 Å². The summed E-state index contributed by atoms with van der Waals surface area (Å²) >= 11 is 5.93. The molecule has 0 saturated carbocycles. The number of carbonyl (C=O) groups is 3. The fraction of sp³-hybridized carbons (Fsp3) is 0.118. The molecule has 1 aliphatic rings. The predicted molar refractivity (Wildman–Crippen MR) is 89.8 cm³/mol. The Balaban J connectivity index is 1.66. The maximum atomic E-state index is 12.2. The summed E-state index contributed by atoms with van der Waals surface area (Å²) in [7, 11) is 0. The Morgan fingerprint density at radius 1 is 1.00 bits per heavy atom. The topological polar surface area (TPSA) is 87.3 Å². The zero-order chi connectivity index (χ0) is 17.1. The van der Waals surface area contributed by atoms with Crippen molar-refractivity contribution >= 4 is 35.0 Å². The molecule has 24 heavy (non-hydrogen) atoms. The van der Waals surface area contributed by atoms with Gasteiger partial charge in [0, 0.05) is 17.7 Å². The van der Waals surface area contributed by atoms with Crippen LogP contribution in [0.5, 0.6) is 0 Å². The maximum absolute atomic E-state index is 12.2. The summed E-state index contributed by atoms with van der Waals surface area (Å²) < 4.78 is 0. The average Bonchev–Trinajstić information content (AvgIpc) is 2.59. The van der Waals surface area contributed by atoms with E-state index < -0.39 is 11.8 Å². The number of hydrogen-bond acceptors (Lipinski definition) is 3. The lowest BCUT2D eigenvalue weighted by atomic mass is 10.0. The third-order valence-electron chi connectivity index (χ3n) is 3.67. The number of anilines is 1. The molecule has 2 aromatic rings. The van der Waals surface area contributed by atoms with Crippen LogP contribution in [-0.2, 0) is 11.2 Å². The number of rotatable bonds is 2. The highest BCUT2D eigenvalue weighted by molar-refractivity contribution is 6.33. The first kappa shape index (κ1) is 16.0. The molecule has 122 valence electrons. The lowest BCUT2D eigenvalue weighted by Crippen LogP contribution is -2.41. The molecule has 0 aromatic heterocycles. The maximum Gasteiger partial charge on any atom is 0.271 e. The fourth-order valence-corrected chi connectivity index (χ4v) is 2.64. The standard InChI is InChI=1S/C17H14ClN3O3/c18-13-4-2-1-3-12(13)17(24)21-20-16(23)11-5-7-14-10(9-11)6-8-15(22)19-14/h1-5,7,9H,6,8H2,(H,19,22)(H,20,23)(H,21,24). The Morgan fingerprint density at radius 3 is 2.54 bits per heavy atom. The van der Waals surface area contributed by atoms with Gasteiger partial charge in [0.1, 0.15) is 0 Å². The Bertz CT molecular complexity index is 836. The highest BCUT2D eigenvalue weighted by Crippen LogP contribution is 2.23. The summed E-state index contributed by atoms with van der Waals surface area (Å²) in [5.41, 5.74) is 6.95. The van der Waals surface area contributed by atoms with Crippen LogP contribution in [0.1, 0.15) is 32.7 Å². The quantitative estimate of drug-likeness (QED) is 0.731. The zero-order valence-corrected chi connectivity index (χ0v) is 13.3. The third-order valence-corrected chi connectivity index (χ3v) is 4.00. The summed E-state index contributed by atoms with van der Waals surface area (Å²) in [5.74, 6) is -0.985. The Labute approximate surface area is 143 Å². The molecule has 1 aliphatic heterocycles. The van der Waals surface area contributed by atoms with Crippen molar-refractivity contribution in [1.82, 2.24) is 10.9 Å². The van der Waals surface area contributed by atoms with E-state index in [0.29, 0.717) is 29.1 Å². The number of nitrogens with one attached hydrogen (secondary N) is 3. The van der Waals surface area contributed by atoms with Crippen molar-refractivity contribution in [3.05, 3.63) is 64.2 Å². The second kappa shape index (κ2) is 6.72. The van der Waals surface area contributed by atoms with Crippen molar-refractivity contribution in [2.45, 2.75) is 12.8 Å². The zero-order valence-electron chi connectivity index (χ0n) is 12.6. The van der Waals surface area contributed by atoms with Crippen LogP contribution in [0, 0.1) is 0 Å². The van der Waals surface area contributed by atoms with Gasteiger partial charge in [-0.3, -0.25) is 25.2 Å². The molecule has 0 spiro atoms. The highest BCUT2D eigenvalue weighted by Gasteiger charge is 2.17. The molecule has 3 N–H and O–H groups in total. The molecule has 0 radical (unpaired) electrons. The minimum absolute atomic E-state index is 0.0355. The smallest absolute Gasteiger partial charge is 0.271 e. The van der Waals surface area contributed by atoms with Gasteiger partial charge in [0.25, 0.3) is 11.8 Å². The molecule has 0 unspecified atom stereocenters. The van der Waals surface area contributed by atoms with Crippen molar-refractivity contribution in [3.8, 4) is 0 Å². The molecular weight excluding hydrogens is 330 g/mol. The van der Waals surface area contributed by atoms with Crippen molar-refractivity contribution in [1.29, 1.82) is 0 Å². The molecule has 2 aromatic carbocycles. The molecule has 0 bridgehead atoms. The van der Waals surface area contributed by atoms with Gasteiger partial charge >= 0.3 is 0 Å². The van der Waals surface area contributed by atoms with Crippen LogP contribution in [-0.4, -0.2) is 17.7 Å². The van der Waals surface area contributed by atoms with Gasteiger partial charge in [-0.15, -0.1) is 0 Å². The molecule has 0 aliphatic carbocycles. The summed E-state index contributed by atoms with van der Waals surface area (Å²) in [6.45, 7) is 0. The molecule has 0 saturated heterocycles. The fourth-order valence-electron chi connectivity index (χ4n) is 2.42. The molecule has 6 nitrogen and oxygen atoms in total. The van der Waals surface area contributed by atoms with Crippen LogP contribution in [0.3, 0.4) is 0 Å². The lowest BCUT2D eigenvalue weighted by molar-refractivity contribution is -0.116. The number of hydrazine groups is 1. The van der Waals surface area contributed by atoms with Crippen LogP contribution < -0.4 is 16.2 Å². The third kappa shape index (κ3) is 3.38. The van der Waals surface area contributed by atoms with Gasteiger partial charge in [0.05, 0.1) is 10.6 Å². The van der Waals surface area contributed by atoms with Gasteiger partial charge in [-0.1, -0.05) is 23.7 Å². The number of fused-ring (bicyclic) bond motifs is 1. The van der Waals surface area contributed by atoms with Crippen LogP contribution in [0.25, 0.3) is 0 Å². The van der Waals surface area contributed by atoms with Gasteiger partial charge in [-0.2, -0.15) is 0 Å². The van der Waals surface area contributed by atoms with Crippen molar-refractivity contribution < 1.29 is 14.4 Å². The minimum Gasteiger partial charge on any atom is -0.326 e. The van der Waals surface area contributed by atoms with E-state index in [4.69, 9.17) is 11.6 Å². The second-order valence-corrected chi connectivity index (χ2v) is 5.72. The molecular formula is C17H14ClN3O3. The van der Waals surface area contributed by atoms with Crippen LogP contribution >= 0.6 is 11.6 Å². The van der Waals surface area contributed by atoms with E-state index in [1.807, 2.05) is 0 Å². The van der Waals surface area contributed by atoms with Gasteiger partial charge in [-0.05, 0) is 42.3 Å². The molecule has 3 rings (SSSR count). The number of benzene rings is 2. The SMILES string of the molecule is O=C1CCc2cc(C(=O)NNC(=O)c3ccccc3Cl)ccc2N1. The van der Waals surface area contributed by atoms with Crippen LogP contribution in [0.4, 0.5) is 5.69 Å². The number of halogens is 1. The van der Waals surface area contributed by atoms with E-state index in [0.717, 1.165) is 5.56 Å². The van der Waals surface area contributed by atoms with Gasteiger partial charge < -0.3 is 5.32 Å². The normalized spacial score (nSPS) is 12.8. The van der Waals surface area contributed by atoms with E-state index in [1.165, 1.54) is 0 Å². The highest BCUT2D eigenvalue weighted by atomic mass is 35.5.